The highest BCUT2D eigenvalue weighted by Crippen LogP contribution is 2.43. The second kappa shape index (κ2) is 4.89. The zero-order chi connectivity index (χ0) is 16.0. The summed E-state index contributed by atoms with van der Waals surface area (Å²) in [5.41, 5.74) is 2.96. The summed E-state index contributed by atoms with van der Waals surface area (Å²) in [6, 6.07) is 13.0. The first kappa shape index (κ1) is 13.4. The van der Waals surface area contributed by atoms with Crippen LogP contribution in [0.5, 0.6) is 17.2 Å². The van der Waals surface area contributed by atoms with Gasteiger partial charge in [0.15, 0.2) is 11.5 Å². The van der Waals surface area contributed by atoms with Gasteiger partial charge in [-0.1, -0.05) is 18.2 Å². The van der Waals surface area contributed by atoms with E-state index in [-0.39, 0.29) is 12.5 Å². The molecule has 1 aliphatic heterocycles. The van der Waals surface area contributed by atoms with Crippen LogP contribution in [0.25, 0.3) is 22.2 Å². The molecule has 0 atom stereocenters. The largest absolute Gasteiger partial charge is 0.507 e. The number of hydrogen-bond donors (Lipinski definition) is 1. The van der Waals surface area contributed by atoms with Crippen LogP contribution in [-0.2, 0) is 0 Å². The molecule has 1 aromatic heterocycles. The Kier molecular flexibility index (Phi) is 2.85. The molecule has 112 valence electrons. The first-order valence-corrected chi connectivity index (χ1v) is 7.11. The minimum Gasteiger partial charge on any atom is -0.507 e. The van der Waals surface area contributed by atoms with E-state index in [4.69, 9.17) is 9.47 Å². The van der Waals surface area contributed by atoms with Gasteiger partial charge in [-0.25, -0.2) is 4.98 Å². The number of phenolic OH excluding ortho intramolecular Hbond substituents is 1. The summed E-state index contributed by atoms with van der Waals surface area (Å²) >= 11 is 0. The Morgan fingerprint density at radius 2 is 1.91 bits per heavy atom. The van der Waals surface area contributed by atoms with Crippen molar-refractivity contribution in [1.82, 2.24) is 4.98 Å². The molecule has 0 saturated heterocycles. The molecular formula is C18H12N2O3. The van der Waals surface area contributed by atoms with Gasteiger partial charge in [0, 0.05) is 17.0 Å². The molecule has 0 radical (unpaired) electrons. The maximum atomic E-state index is 10.3. The van der Waals surface area contributed by atoms with Gasteiger partial charge >= 0.3 is 0 Å². The van der Waals surface area contributed by atoms with Crippen LogP contribution in [0.15, 0.2) is 36.4 Å². The number of para-hydroxylation sites is 1. The van der Waals surface area contributed by atoms with Crippen LogP contribution >= 0.6 is 0 Å². The van der Waals surface area contributed by atoms with Gasteiger partial charge in [-0.2, -0.15) is 5.26 Å². The lowest BCUT2D eigenvalue weighted by Crippen LogP contribution is -1.96. The summed E-state index contributed by atoms with van der Waals surface area (Å²) in [6.45, 7) is 2.00. The minimum atomic E-state index is 0.00734. The number of benzene rings is 2. The monoisotopic (exact) mass is 304 g/mol. The fraction of sp³-hybridized carbons (Fsp3) is 0.111. The molecule has 0 amide bonds. The molecule has 23 heavy (non-hydrogen) atoms. The van der Waals surface area contributed by atoms with Gasteiger partial charge in [-0.15, -0.1) is 0 Å². The molecule has 0 bridgehead atoms. The van der Waals surface area contributed by atoms with Gasteiger partial charge in [0.2, 0.25) is 6.79 Å². The van der Waals surface area contributed by atoms with E-state index in [2.05, 4.69) is 11.1 Å². The molecule has 5 heteroatoms. The maximum absolute atomic E-state index is 10.3. The summed E-state index contributed by atoms with van der Waals surface area (Å²) < 4.78 is 10.6. The highest BCUT2D eigenvalue weighted by molar-refractivity contribution is 5.89. The number of nitriles is 1. The van der Waals surface area contributed by atoms with E-state index in [1.807, 2.05) is 31.2 Å². The van der Waals surface area contributed by atoms with Crippen LogP contribution in [0.1, 0.15) is 11.1 Å². The Morgan fingerprint density at radius 3 is 2.70 bits per heavy atom. The summed E-state index contributed by atoms with van der Waals surface area (Å²) in [4.78, 5) is 4.58. The van der Waals surface area contributed by atoms with E-state index < -0.39 is 0 Å². The summed E-state index contributed by atoms with van der Waals surface area (Å²) in [5.74, 6) is 1.03. The molecule has 0 aliphatic carbocycles. The van der Waals surface area contributed by atoms with Gasteiger partial charge in [-0.05, 0) is 24.6 Å². The van der Waals surface area contributed by atoms with Gasteiger partial charge in [-0.3, -0.25) is 0 Å². The second-order valence-electron chi connectivity index (χ2n) is 5.31. The van der Waals surface area contributed by atoms with E-state index >= 15 is 0 Å². The molecular weight excluding hydrogens is 292 g/mol. The van der Waals surface area contributed by atoms with Crippen molar-refractivity contribution in [3.05, 3.63) is 47.5 Å². The maximum Gasteiger partial charge on any atom is 0.231 e. The van der Waals surface area contributed by atoms with Crippen molar-refractivity contribution < 1.29 is 14.6 Å². The van der Waals surface area contributed by atoms with Gasteiger partial charge in [0.25, 0.3) is 0 Å². The fourth-order valence-corrected chi connectivity index (χ4v) is 2.83. The number of fused-ring (bicyclic) bond motifs is 2. The molecule has 4 rings (SSSR count). The summed E-state index contributed by atoms with van der Waals surface area (Å²) in [7, 11) is 0. The molecule has 2 heterocycles. The number of aromatic nitrogens is 1. The quantitative estimate of drug-likeness (QED) is 0.744. The van der Waals surface area contributed by atoms with Gasteiger partial charge in [0.05, 0.1) is 16.8 Å². The van der Waals surface area contributed by atoms with Gasteiger partial charge < -0.3 is 14.6 Å². The third-order valence-electron chi connectivity index (χ3n) is 4.01. The first-order chi connectivity index (χ1) is 11.2. The van der Waals surface area contributed by atoms with E-state index in [1.165, 1.54) is 6.07 Å². The van der Waals surface area contributed by atoms with Crippen molar-refractivity contribution >= 4 is 10.9 Å². The molecule has 0 spiro atoms. The van der Waals surface area contributed by atoms with Crippen molar-refractivity contribution in [3.8, 4) is 34.6 Å². The Bertz CT molecular complexity index is 990. The predicted molar refractivity (Wildman–Crippen MR) is 84.4 cm³/mol. The molecule has 0 saturated carbocycles. The van der Waals surface area contributed by atoms with E-state index in [1.54, 1.807) is 6.07 Å². The third-order valence-corrected chi connectivity index (χ3v) is 4.01. The topological polar surface area (TPSA) is 75.4 Å². The van der Waals surface area contributed by atoms with Crippen LogP contribution in [0.4, 0.5) is 0 Å². The molecule has 1 aliphatic rings. The van der Waals surface area contributed by atoms with Gasteiger partial charge in [0.1, 0.15) is 11.8 Å². The lowest BCUT2D eigenvalue weighted by molar-refractivity contribution is 0.174. The van der Waals surface area contributed by atoms with Crippen LogP contribution in [0, 0.1) is 18.3 Å². The average molecular weight is 304 g/mol. The van der Waals surface area contributed by atoms with E-state index in [9.17, 15) is 10.4 Å². The molecule has 2 aromatic carbocycles. The van der Waals surface area contributed by atoms with Crippen LogP contribution < -0.4 is 9.47 Å². The zero-order valence-electron chi connectivity index (χ0n) is 12.3. The number of rotatable bonds is 1. The Hall–Kier alpha value is -3.26. The molecule has 0 fully saturated rings. The zero-order valence-corrected chi connectivity index (χ0v) is 12.3. The third kappa shape index (κ3) is 1.96. The lowest BCUT2D eigenvalue weighted by Gasteiger charge is -2.12. The van der Waals surface area contributed by atoms with Crippen molar-refractivity contribution in [1.29, 1.82) is 5.26 Å². The highest BCUT2D eigenvalue weighted by atomic mass is 16.7. The summed E-state index contributed by atoms with van der Waals surface area (Å²) in [6.07, 6.45) is 0. The Morgan fingerprint density at radius 1 is 1.17 bits per heavy atom. The molecule has 1 N–H and O–H groups in total. The predicted octanol–water partition coefficient (Wildman–Crippen LogP) is 3.52. The SMILES string of the molecule is Cc1c(C#N)c(-c2cc3c(cc2O)OCO3)nc2ccccc12. The highest BCUT2D eigenvalue weighted by Gasteiger charge is 2.22. The number of nitrogens with zero attached hydrogens (tertiary/aromatic N) is 2. The molecule has 5 nitrogen and oxygen atoms in total. The summed E-state index contributed by atoms with van der Waals surface area (Å²) in [5, 5.41) is 20.8. The fourth-order valence-electron chi connectivity index (χ4n) is 2.83. The van der Waals surface area contributed by atoms with E-state index in [0.29, 0.717) is 28.3 Å². The number of aryl methyl sites for hydroxylation is 1. The number of hydrogen-bond acceptors (Lipinski definition) is 5. The lowest BCUT2D eigenvalue weighted by atomic mass is 9.98. The number of phenols is 1. The van der Waals surface area contributed by atoms with Crippen LogP contribution in [-0.4, -0.2) is 16.9 Å². The van der Waals surface area contributed by atoms with Crippen LogP contribution in [0.2, 0.25) is 0 Å². The number of pyridine rings is 1. The average Bonchev–Trinajstić information content (AvgIpc) is 3.01. The smallest absolute Gasteiger partial charge is 0.231 e. The molecule has 0 unspecified atom stereocenters. The number of ether oxygens (including phenoxy) is 2. The minimum absolute atomic E-state index is 0.00734. The van der Waals surface area contributed by atoms with E-state index in [0.717, 1.165) is 16.5 Å². The van der Waals surface area contributed by atoms with Crippen molar-refractivity contribution in [2.24, 2.45) is 0 Å². The normalized spacial score (nSPS) is 12.3. The first-order valence-electron chi connectivity index (χ1n) is 7.11. The van der Waals surface area contributed by atoms with Crippen molar-refractivity contribution in [3.63, 3.8) is 0 Å². The Labute approximate surface area is 132 Å². The van der Waals surface area contributed by atoms with Crippen LogP contribution in [0.3, 0.4) is 0 Å². The standard InChI is InChI=1S/C18H12N2O3/c1-10-11-4-2-3-5-14(11)20-18(13(10)8-19)12-6-16-17(7-15(12)21)23-9-22-16/h2-7,21H,9H2,1H3. The van der Waals surface area contributed by atoms with Crippen molar-refractivity contribution in [2.45, 2.75) is 6.92 Å². The second-order valence-corrected chi connectivity index (χ2v) is 5.31. The van der Waals surface area contributed by atoms with Crippen molar-refractivity contribution in [2.75, 3.05) is 6.79 Å². The number of aromatic hydroxyl groups is 1. The molecule has 3 aromatic rings. The Balaban J connectivity index is 2.05.